The van der Waals surface area contributed by atoms with E-state index < -0.39 is 34.8 Å². The molecule has 8 nitrogen and oxygen atoms in total. The zero-order valence-corrected chi connectivity index (χ0v) is 13.2. The Morgan fingerprint density at radius 2 is 2.13 bits per heavy atom. The highest BCUT2D eigenvalue weighted by molar-refractivity contribution is 7.90. The van der Waals surface area contributed by atoms with Crippen molar-refractivity contribution < 1.29 is 32.8 Å². The first kappa shape index (κ1) is 17.3. The van der Waals surface area contributed by atoms with Crippen LogP contribution in [0.25, 0.3) is 0 Å². The molecule has 0 spiro atoms. The minimum Gasteiger partial charge on any atom is -0.534 e. The number of hydrogen-bond acceptors (Lipinski definition) is 6. The van der Waals surface area contributed by atoms with Gasteiger partial charge in [0.05, 0.1) is 17.3 Å². The van der Waals surface area contributed by atoms with Crippen molar-refractivity contribution in [2.75, 3.05) is 12.0 Å². The van der Waals surface area contributed by atoms with Crippen LogP contribution in [0.2, 0.25) is 0 Å². The van der Waals surface area contributed by atoms with Gasteiger partial charge >= 0.3 is 13.1 Å². The summed E-state index contributed by atoms with van der Waals surface area (Å²) in [5.41, 5.74) is 0.479. The normalized spacial score (nSPS) is 17.1. The molecule has 1 amide bonds. The number of sulfone groups is 1. The molecular formula is C13H16BNO7S. The molecule has 1 unspecified atom stereocenters. The average Bonchev–Trinajstić information content (AvgIpc) is 2.44. The van der Waals surface area contributed by atoms with Crippen LogP contribution in [0, 0.1) is 0 Å². The largest absolute Gasteiger partial charge is 0.547 e. The van der Waals surface area contributed by atoms with Crippen molar-refractivity contribution in [1.82, 2.24) is 5.32 Å². The molecular weight excluding hydrogens is 325 g/mol. The molecule has 3 N–H and O–H groups in total. The fourth-order valence-electron chi connectivity index (χ4n) is 2.27. The third-order valence-electron chi connectivity index (χ3n) is 3.40. The number of rotatable bonds is 5. The summed E-state index contributed by atoms with van der Waals surface area (Å²) in [7, 11) is -4.67. The quantitative estimate of drug-likeness (QED) is 0.601. The van der Waals surface area contributed by atoms with Gasteiger partial charge in [0.15, 0.2) is 0 Å². The van der Waals surface area contributed by atoms with Crippen molar-refractivity contribution in [3.63, 3.8) is 0 Å². The zero-order valence-electron chi connectivity index (χ0n) is 12.4. The van der Waals surface area contributed by atoms with Crippen molar-refractivity contribution in [3.8, 4) is 5.75 Å². The molecule has 1 aromatic rings. The highest BCUT2D eigenvalue weighted by Crippen LogP contribution is 2.30. The second-order valence-corrected chi connectivity index (χ2v) is 7.63. The molecule has 0 fully saturated rings. The number of nitrogens with one attached hydrogen (secondary N) is 1. The number of benzene rings is 1. The Bertz CT molecular complexity index is 734. The highest BCUT2D eigenvalue weighted by Gasteiger charge is 2.37. The topological polar surface area (TPSA) is 130 Å². The van der Waals surface area contributed by atoms with Gasteiger partial charge in [0, 0.05) is 12.7 Å². The summed E-state index contributed by atoms with van der Waals surface area (Å²) < 4.78 is 27.3. The van der Waals surface area contributed by atoms with E-state index in [1.165, 1.54) is 6.07 Å². The molecule has 23 heavy (non-hydrogen) atoms. The van der Waals surface area contributed by atoms with Crippen LogP contribution in [0.3, 0.4) is 0 Å². The number of carbonyl (C=O) groups excluding carboxylic acids is 1. The Morgan fingerprint density at radius 1 is 1.43 bits per heavy atom. The van der Waals surface area contributed by atoms with Gasteiger partial charge in [-0.3, -0.25) is 4.79 Å². The van der Waals surface area contributed by atoms with Crippen LogP contribution in [0.4, 0.5) is 0 Å². The Balaban J connectivity index is 2.08. The van der Waals surface area contributed by atoms with E-state index in [4.69, 9.17) is 9.76 Å². The van der Waals surface area contributed by atoms with Crippen molar-refractivity contribution in [3.05, 3.63) is 29.3 Å². The first-order valence-corrected chi connectivity index (χ1v) is 8.90. The lowest BCUT2D eigenvalue weighted by molar-refractivity contribution is -0.121. The fourth-order valence-corrected chi connectivity index (χ4v) is 2.83. The number of carboxylic acids is 1. The average molecular weight is 341 g/mol. The smallest absolute Gasteiger partial charge is 0.534 e. The van der Waals surface area contributed by atoms with Gasteiger partial charge in [-0.2, -0.15) is 0 Å². The lowest BCUT2D eigenvalue weighted by Crippen LogP contribution is -2.53. The molecule has 0 saturated carbocycles. The van der Waals surface area contributed by atoms with Gasteiger partial charge in [0.2, 0.25) is 5.91 Å². The van der Waals surface area contributed by atoms with E-state index >= 15 is 0 Å². The summed E-state index contributed by atoms with van der Waals surface area (Å²) in [5.74, 6) is -2.69. The number of para-hydroxylation sites is 1. The molecule has 10 heteroatoms. The first-order chi connectivity index (χ1) is 10.7. The van der Waals surface area contributed by atoms with Crippen LogP contribution in [0.5, 0.6) is 5.75 Å². The number of carboxylic acid groups (broad SMARTS) is 1. The summed E-state index contributed by atoms with van der Waals surface area (Å²) in [5, 5.41) is 21.6. The Labute approximate surface area is 133 Å². The monoisotopic (exact) mass is 341 g/mol. The molecule has 1 aromatic carbocycles. The molecule has 124 valence electrons. The SMILES string of the molecule is CS(=O)(=O)CCC(=O)NC1Cc2cccc(C(=O)O)c2OB1O. The van der Waals surface area contributed by atoms with E-state index in [9.17, 15) is 23.0 Å². The number of amides is 1. The molecule has 0 bridgehead atoms. The predicted octanol–water partition coefficient (Wildman–Crippen LogP) is -0.741. The van der Waals surface area contributed by atoms with Crippen LogP contribution in [-0.4, -0.2) is 55.5 Å². The van der Waals surface area contributed by atoms with Crippen LogP contribution in [-0.2, 0) is 21.1 Å². The summed E-state index contributed by atoms with van der Waals surface area (Å²) in [6.07, 6.45) is 0.995. The third-order valence-corrected chi connectivity index (χ3v) is 4.34. The molecule has 0 radical (unpaired) electrons. The molecule has 0 aliphatic carbocycles. The summed E-state index contributed by atoms with van der Waals surface area (Å²) in [6.45, 7) is 0. The van der Waals surface area contributed by atoms with Gasteiger partial charge in [-0.15, -0.1) is 0 Å². The maximum absolute atomic E-state index is 11.8. The van der Waals surface area contributed by atoms with Crippen molar-refractivity contribution in [2.24, 2.45) is 0 Å². The fraction of sp³-hybridized carbons (Fsp3) is 0.385. The zero-order chi connectivity index (χ0) is 17.2. The maximum Gasteiger partial charge on any atom is 0.547 e. The van der Waals surface area contributed by atoms with Crippen molar-refractivity contribution in [2.45, 2.75) is 18.8 Å². The molecule has 0 saturated heterocycles. The van der Waals surface area contributed by atoms with Gasteiger partial charge in [0.1, 0.15) is 15.6 Å². The van der Waals surface area contributed by atoms with Gasteiger partial charge in [-0.05, 0) is 18.1 Å². The predicted molar refractivity (Wildman–Crippen MR) is 82.0 cm³/mol. The van der Waals surface area contributed by atoms with E-state index in [0.717, 1.165) is 6.26 Å². The van der Waals surface area contributed by atoms with Crippen LogP contribution >= 0.6 is 0 Å². The maximum atomic E-state index is 11.8. The second kappa shape index (κ2) is 6.59. The number of fused-ring (bicyclic) bond motifs is 1. The Morgan fingerprint density at radius 3 is 2.74 bits per heavy atom. The minimum absolute atomic E-state index is 0.0663. The molecule has 0 aromatic heterocycles. The molecule has 2 rings (SSSR count). The van der Waals surface area contributed by atoms with Crippen LogP contribution in [0.15, 0.2) is 18.2 Å². The van der Waals surface area contributed by atoms with E-state index in [2.05, 4.69) is 5.32 Å². The number of hydrogen-bond donors (Lipinski definition) is 3. The van der Waals surface area contributed by atoms with E-state index in [1.54, 1.807) is 12.1 Å². The van der Waals surface area contributed by atoms with Gasteiger partial charge in [-0.1, -0.05) is 12.1 Å². The standard InChI is InChI=1S/C13H16BNO7S/c1-23(20,21)6-5-11(16)15-10-7-8-3-2-4-9(13(17)18)12(8)22-14(10)19/h2-4,10,19H,5-7H2,1H3,(H,15,16)(H,17,18). The number of aromatic carboxylic acids is 1. The van der Waals surface area contributed by atoms with Gasteiger partial charge in [0.25, 0.3) is 0 Å². The highest BCUT2D eigenvalue weighted by atomic mass is 32.2. The van der Waals surface area contributed by atoms with E-state index in [0.29, 0.717) is 5.56 Å². The van der Waals surface area contributed by atoms with Crippen LogP contribution < -0.4 is 9.97 Å². The summed E-state index contributed by atoms with van der Waals surface area (Å²) in [4.78, 5) is 22.9. The molecule has 1 aliphatic heterocycles. The Kier molecular flexibility index (Phi) is 4.95. The van der Waals surface area contributed by atoms with Gasteiger partial charge < -0.3 is 20.1 Å². The van der Waals surface area contributed by atoms with Crippen molar-refractivity contribution >= 4 is 28.8 Å². The molecule has 1 atom stereocenters. The van der Waals surface area contributed by atoms with Crippen LogP contribution in [0.1, 0.15) is 22.3 Å². The van der Waals surface area contributed by atoms with Crippen molar-refractivity contribution in [1.29, 1.82) is 0 Å². The van der Waals surface area contributed by atoms with Gasteiger partial charge in [-0.25, -0.2) is 13.2 Å². The number of carbonyl (C=O) groups is 2. The molecule has 1 aliphatic rings. The summed E-state index contributed by atoms with van der Waals surface area (Å²) in [6, 6.07) is 4.55. The van der Waals surface area contributed by atoms with E-state index in [-0.39, 0.29) is 29.9 Å². The Hall–Kier alpha value is -2.07. The lowest BCUT2D eigenvalue weighted by atomic mass is 9.72. The molecule has 1 heterocycles. The summed E-state index contributed by atoms with van der Waals surface area (Å²) >= 11 is 0. The second-order valence-electron chi connectivity index (χ2n) is 5.37. The minimum atomic E-state index is -3.26. The van der Waals surface area contributed by atoms with E-state index in [1.807, 2.05) is 0 Å². The third kappa shape index (κ3) is 4.46. The lowest BCUT2D eigenvalue weighted by Gasteiger charge is -2.28. The first-order valence-electron chi connectivity index (χ1n) is 6.84.